The number of anilines is 1. The number of hydrogen-bond acceptors (Lipinski definition) is 5. The third-order valence-electron chi connectivity index (χ3n) is 6.21. The van der Waals surface area contributed by atoms with Crippen molar-refractivity contribution in [2.24, 2.45) is 12.8 Å². The molecule has 1 heterocycles. The lowest BCUT2D eigenvalue weighted by molar-refractivity contribution is 0.0625. The minimum atomic E-state index is -1.13. The van der Waals surface area contributed by atoms with Crippen molar-refractivity contribution in [3.05, 3.63) is 64.6 Å². The molecule has 3 aromatic rings. The Morgan fingerprint density at radius 3 is 2.57 bits per heavy atom. The number of methoxy groups -OCH3 is 1. The van der Waals surface area contributed by atoms with E-state index in [1.807, 2.05) is 0 Å². The number of benzene rings is 2. The van der Waals surface area contributed by atoms with Crippen LogP contribution in [0, 0.1) is 11.6 Å². The van der Waals surface area contributed by atoms with Gasteiger partial charge in [-0.2, -0.15) is 4.39 Å². The first-order valence-corrected chi connectivity index (χ1v) is 11.2. The maximum atomic E-state index is 14.5. The number of nitrogens with two attached hydrogens (primary N) is 1. The molecule has 1 fully saturated rings. The zero-order chi connectivity index (χ0) is 25.4. The summed E-state index contributed by atoms with van der Waals surface area (Å²) in [5.74, 6) is -3.33. The van der Waals surface area contributed by atoms with Crippen molar-refractivity contribution in [1.82, 2.24) is 14.5 Å². The van der Waals surface area contributed by atoms with Crippen molar-refractivity contribution < 1.29 is 23.1 Å². The van der Waals surface area contributed by atoms with Gasteiger partial charge in [-0.3, -0.25) is 9.59 Å². The molecule has 1 aromatic heterocycles. The monoisotopic (exact) mass is 503 g/mol. The van der Waals surface area contributed by atoms with E-state index in [0.29, 0.717) is 11.3 Å². The van der Waals surface area contributed by atoms with Crippen molar-refractivity contribution in [1.29, 1.82) is 0 Å². The minimum absolute atomic E-state index is 0.0343. The van der Waals surface area contributed by atoms with E-state index in [1.165, 1.54) is 49.2 Å². The van der Waals surface area contributed by atoms with Gasteiger partial charge < -0.3 is 25.3 Å². The van der Waals surface area contributed by atoms with Gasteiger partial charge in [-0.05, 0) is 43.2 Å². The molecule has 0 aliphatic heterocycles. The van der Waals surface area contributed by atoms with Crippen molar-refractivity contribution in [3.8, 4) is 17.0 Å². The van der Waals surface area contributed by atoms with Crippen LogP contribution in [-0.4, -0.2) is 52.5 Å². The molecule has 1 aliphatic rings. The Hall–Kier alpha value is -3.50. The molecule has 1 saturated carbocycles. The fourth-order valence-electron chi connectivity index (χ4n) is 4.01. The molecule has 1 aliphatic carbocycles. The molecule has 0 unspecified atom stereocenters. The molecular weight excluding hydrogens is 480 g/mol. The second-order valence-corrected chi connectivity index (χ2v) is 8.83. The van der Waals surface area contributed by atoms with E-state index < -0.39 is 17.5 Å². The highest BCUT2D eigenvalue weighted by Crippen LogP contribution is 2.31. The SMILES string of the molecule is COc1ccc(-c2cnc(C(=O)Nc3ccc(C(=O)N(C)C4CC(N)C4)c(Cl)c3)n2C)c(F)c1F. The van der Waals surface area contributed by atoms with Crippen molar-refractivity contribution >= 4 is 29.1 Å². The van der Waals surface area contributed by atoms with Gasteiger partial charge in [-0.25, -0.2) is 9.37 Å². The van der Waals surface area contributed by atoms with E-state index in [0.717, 1.165) is 12.8 Å². The third-order valence-corrected chi connectivity index (χ3v) is 6.52. The largest absolute Gasteiger partial charge is 0.494 e. The molecule has 0 saturated heterocycles. The van der Waals surface area contributed by atoms with Crippen LogP contribution in [0.1, 0.15) is 33.8 Å². The summed E-state index contributed by atoms with van der Waals surface area (Å²) in [4.78, 5) is 31.3. The predicted molar refractivity (Wildman–Crippen MR) is 128 cm³/mol. The first-order chi connectivity index (χ1) is 16.6. The molecular formula is C24H24ClF2N5O3. The molecule has 2 aromatic carbocycles. The molecule has 11 heteroatoms. The molecule has 0 bridgehead atoms. The van der Waals surface area contributed by atoms with Crippen molar-refractivity contribution in [3.63, 3.8) is 0 Å². The Morgan fingerprint density at radius 2 is 1.94 bits per heavy atom. The summed E-state index contributed by atoms with van der Waals surface area (Å²) in [6, 6.07) is 7.39. The maximum absolute atomic E-state index is 14.5. The number of rotatable bonds is 6. The molecule has 0 atom stereocenters. The Labute approximate surface area is 205 Å². The molecule has 2 amide bonds. The van der Waals surface area contributed by atoms with Gasteiger partial charge in [0.25, 0.3) is 11.8 Å². The van der Waals surface area contributed by atoms with Crippen LogP contribution in [0.15, 0.2) is 36.5 Å². The van der Waals surface area contributed by atoms with Crippen LogP contribution in [0.2, 0.25) is 5.02 Å². The van der Waals surface area contributed by atoms with E-state index >= 15 is 0 Å². The average molecular weight is 504 g/mol. The zero-order valence-corrected chi connectivity index (χ0v) is 20.1. The lowest BCUT2D eigenvalue weighted by Crippen LogP contribution is -2.51. The quantitative estimate of drug-likeness (QED) is 0.532. The Bertz CT molecular complexity index is 1310. The number of amides is 2. The van der Waals surface area contributed by atoms with Crippen molar-refractivity contribution in [2.45, 2.75) is 24.9 Å². The second-order valence-electron chi connectivity index (χ2n) is 8.42. The Balaban J connectivity index is 1.51. The first-order valence-electron chi connectivity index (χ1n) is 10.8. The number of ether oxygens (including phenoxy) is 1. The standard InChI is InChI=1S/C24H24ClF2N5O3/c1-31(14-8-12(28)9-14)24(34)15-5-4-13(10-17(15)25)30-23(33)22-29-11-18(32(22)2)16-6-7-19(35-3)21(27)20(16)26/h4-7,10-12,14H,8-9,28H2,1-3H3,(H,30,33). The van der Waals surface area contributed by atoms with Gasteiger partial charge in [-0.1, -0.05) is 11.6 Å². The summed E-state index contributed by atoms with van der Waals surface area (Å²) < 4.78 is 34.8. The van der Waals surface area contributed by atoms with Gasteiger partial charge in [0, 0.05) is 37.4 Å². The van der Waals surface area contributed by atoms with E-state index in [2.05, 4.69) is 10.3 Å². The maximum Gasteiger partial charge on any atom is 0.291 e. The number of imidazole rings is 1. The zero-order valence-electron chi connectivity index (χ0n) is 19.3. The molecule has 184 valence electrons. The van der Waals surface area contributed by atoms with Gasteiger partial charge in [0.15, 0.2) is 17.4 Å². The van der Waals surface area contributed by atoms with Crippen LogP contribution in [0.4, 0.5) is 14.5 Å². The fraction of sp³-hybridized carbons (Fsp3) is 0.292. The van der Waals surface area contributed by atoms with Crippen LogP contribution in [0.25, 0.3) is 11.3 Å². The molecule has 35 heavy (non-hydrogen) atoms. The molecule has 3 N–H and O–H groups in total. The summed E-state index contributed by atoms with van der Waals surface area (Å²) >= 11 is 6.33. The summed E-state index contributed by atoms with van der Waals surface area (Å²) in [6.45, 7) is 0. The van der Waals surface area contributed by atoms with Gasteiger partial charge in [0.1, 0.15) is 0 Å². The number of aromatic nitrogens is 2. The van der Waals surface area contributed by atoms with E-state index in [1.54, 1.807) is 18.0 Å². The van der Waals surface area contributed by atoms with Crippen molar-refractivity contribution in [2.75, 3.05) is 19.5 Å². The lowest BCUT2D eigenvalue weighted by Gasteiger charge is -2.39. The Morgan fingerprint density at radius 1 is 1.23 bits per heavy atom. The first kappa shape index (κ1) is 24.6. The van der Waals surface area contributed by atoms with E-state index in [9.17, 15) is 18.4 Å². The van der Waals surface area contributed by atoms with Gasteiger partial charge in [-0.15, -0.1) is 0 Å². The number of carbonyl (C=O) groups excluding carboxylic acids is 2. The predicted octanol–water partition coefficient (Wildman–Crippen LogP) is 3.84. The number of carbonyl (C=O) groups is 2. The summed E-state index contributed by atoms with van der Waals surface area (Å²) in [7, 11) is 4.46. The van der Waals surface area contributed by atoms with Crippen LogP contribution >= 0.6 is 11.6 Å². The van der Waals surface area contributed by atoms with E-state index in [4.69, 9.17) is 22.1 Å². The number of halogens is 3. The minimum Gasteiger partial charge on any atom is -0.494 e. The lowest BCUT2D eigenvalue weighted by atomic mass is 9.86. The normalized spacial score (nSPS) is 17.0. The summed E-state index contributed by atoms with van der Waals surface area (Å²) in [6.07, 6.45) is 2.76. The molecule has 4 rings (SSSR count). The molecule has 0 spiro atoms. The number of hydrogen-bond donors (Lipinski definition) is 2. The average Bonchev–Trinajstić information content (AvgIpc) is 3.19. The highest BCUT2D eigenvalue weighted by molar-refractivity contribution is 6.34. The van der Waals surface area contributed by atoms with Crippen LogP contribution in [-0.2, 0) is 7.05 Å². The fourth-order valence-corrected chi connectivity index (χ4v) is 4.27. The van der Waals surface area contributed by atoms with Gasteiger partial charge in [0.05, 0.1) is 29.6 Å². The third kappa shape index (κ3) is 4.59. The number of nitrogens with one attached hydrogen (secondary N) is 1. The van der Waals surface area contributed by atoms with Crippen LogP contribution in [0.5, 0.6) is 5.75 Å². The van der Waals surface area contributed by atoms with Crippen LogP contribution < -0.4 is 15.8 Å². The summed E-state index contributed by atoms with van der Waals surface area (Å²) in [5, 5.41) is 2.84. The second kappa shape index (κ2) is 9.63. The topological polar surface area (TPSA) is 102 Å². The van der Waals surface area contributed by atoms with Gasteiger partial charge in [0.2, 0.25) is 5.82 Å². The van der Waals surface area contributed by atoms with Crippen LogP contribution in [0.3, 0.4) is 0 Å². The molecule has 0 radical (unpaired) electrons. The molecule has 8 nitrogen and oxygen atoms in total. The highest BCUT2D eigenvalue weighted by atomic mass is 35.5. The van der Waals surface area contributed by atoms with E-state index in [-0.39, 0.29) is 45.8 Å². The Kier molecular flexibility index (Phi) is 6.77. The smallest absolute Gasteiger partial charge is 0.291 e. The number of nitrogens with zero attached hydrogens (tertiary/aromatic N) is 3. The summed E-state index contributed by atoms with van der Waals surface area (Å²) in [5.41, 5.74) is 6.59. The van der Waals surface area contributed by atoms with Gasteiger partial charge >= 0.3 is 0 Å². The highest BCUT2D eigenvalue weighted by Gasteiger charge is 2.32.